The minimum Gasteiger partial charge on any atom is -0.478 e. The zero-order chi connectivity index (χ0) is 33.1. The molecule has 0 aliphatic heterocycles. The lowest BCUT2D eigenvalue weighted by Crippen LogP contribution is -2.62. The van der Waals surface area contributed by atoms with Gasteiger partial charge in [-0.1, -0.05) is 67.2 Å². The summed E-state index contributed by atoms with van der Waals surface area (Å²) in [7, 11) is 0. The van der Waals surface area contributed by atoms with E-state index >= 15 is 0 Å². The number of carbonyl (C=O) groups is 3. The van der Waals surface area contributed by atoms with E-state index in [0.29, 0.717) is 50.9 Å². The summed E-state index contributed by atoms with van der Waals surface area (Å²) in [5, 5.41) is 45.1. The van der Waals surface area contributed by atoms with Crippen LogP contribution >= 0.6 is 0 Å². The number of fused-ring (bicyclic) bond motifs is 2. The van der Waals surface area contributed by atoms with Crippen molar-refractivity contribution in [1.82, 2.24) is 0 Å². The standard InChI is InChI=1S/C38H58O7/c1-22(2)11-10-12-24(34(44)45)18-25(39)17-23(3)26-19-31(43)36(6)32-27(40)20-29-35(4,5)30(42)13-16-37(29)14-8-7-9-15-38(26,36)21-28(41)33(32)37/h18,22-23,25-27,29,31,39-40,43H,7-17,19-21H2,1-6H3,(H,44,45). The molecule has 252 valence electrons. The van der Waals surface area contributed by atoms with Crippen molar-refractivity contribution < 1.29 is 34.8 Å². The number of ketones is 2. The second kappa shape index (κ2) is 12.3. The van der Waals surface area contributed by atoms with Crippen molar-refractivity contribution in [2.24, 2.45) is 45.3 Å². The van der Waals surface area contributed by atoms with Crippen LogP contribution in [0.3, 0.4) is 0 Å². The Morgan fingerprint density at radius 1 is 1.00 bits per heavy atom. The van der Waals surface area contributed by atoms with Crippen LogP contribution in [0.5, 0.6) is 0 Å². The van der Waals surface area contributed by atoms with Crippen molar-refractivity contribution in [2.45, 2.75) is 150 Å². The van der Waals surface area contributed by atoms with Gasteiger partial charge in [-0.25, -0.2) is 4.79 Å². The number of aliphatic hydroxyl groups excluding tert-OH is 3. The van der Waals surface area contributed by atoms with E-state index in [1.165, 1.54) is 6.08 Å². The van der Waals surface area contributed by atoms with Gasteiger partial charge < -0.3 is 20.4 Å². The average molecular weight is 627 g/mol. The number of aliphatic carboxylic acids is 1. The third-order valence-electron chi connectivity index (χ3n) is 13.8. The summed E-state index contributed by atoms with van der Waals surface area (Å²) in [6.45, 7) is 12.4. The van der Waals surface area contributed by atoms with Crippen LogP contribution in [0.15, 0.2) is 22.8 Å². The van der Waals surface area contributed by atoms with Crippen LogP contribution in [-0.2, 0) is 14.4 Å². The Balaban J connectivity index is 1.53. The summed E-state index contributed by atoms with van der Waals surface area (Å²) in [4.78, 5) is 39.9. The van der Waals surface area contributed by atoms with Crippen molar-refractivity contribution >= 4 is 17.5 Å². The van der Waals surface area contributed by atoms with Crippen molar-refractivity contribution in [3.05, 3.63) is 22.8 Å². The van der Waals surface area contributed by atoms with E-state index in [4.69, 9.17) is 0 Å². The Morgan fingerprint density at radius 3 is 2.36 bits per heavy atom. The maximum Gasteiger partial charge on any atom is 0.331 e. The number of carboxylic acids is 1. The van der Waals surface area contributed by atoms with E-state index in [2.05, 4.69) is 27.7 Å². The molecule has 5 aliphatic rings. The van der Waals surface area contributed by atoms with Crippen LogP contribution in [-0.4, -0.2) is 56.3 Å². The van der Waals surface area contributed by atoms with Crippen LogP contribution in [0.4, 0.5) is 0 Å². The Bertz CT molecular complexity index is 1260. The maximum atomic E-state index is 14.7. The lowest BCUT2D eigenvalue weighted by Gasteiger charge is -2.63. The van der Waals surface area contributed by atoms with Crippen molar-refractivity contribution in [3.8, 4) is 0 Å². The van der Waals surface area contributed by atoms with Gasteiger partial charge in [0.15, 0.2) is 5.78 Å². The molecule has 3 fully saturated rings. The summed E-state index contributed by atoms with van der Waals surface area (Å²) in [5.74, 6) is -0.481. The van der Waals surface area contributed by atoms with Crippen molar-refractivity contribution in [1.29, 1.82) is 0 Å². The Hall–Kier alpha value is -1.83. The van der Waals surface area contributed by atoms with Crippen LogP contribution in [0, 0.1) is 45.3 Å². The van der Waals surface area contributed by atoms with Gasteiger partial charge in [0.2, 0.25) is 0 Å². The smallest absolute Gasteiger partial charge is 0.331 e. The number of hydrogen-bond acceptors (Lipinski definition) is 6. The fourth-order valence-electron chi connectivity index (χ4n) is 11.5. The Morgan fingerprint density at radius 2 is 1.69 bits per heavy atom. The van der Waals surface area contributed by atoms with Crippen LogP contribution in [0.1, 0.15) is 131 Å². The summed E-state index contributed by atoms with van der Waals surface area (Å²) in [6, 6.07) is 0. The maximum absolute atomic E-state index is 14.7. The summed E-state index contributed by atoms with van der Waals surface area (Å²) in [5.41, 5.74) is -0.703. The minimum absolute atomic E-state index is 0.0718. The topological polar surface area (TPSA) is 132 Å². The molecule has 0 heterocycles. The van der Waals surface area contributed by atoms with E-state index in [0.717, 1.165) is 56.1 Å². The predicted molar refractivity (Wildman–Crippen MR) is 173 cm³/mol. The molecule has 0 amide bonds. The molecule has 5 aliphatic carbocycles. The molecule has 0 aromatic rings. The van der Waals surface area contributed by atoms with Gasteiger partial charge in [-0.05, 0) is 92.1 Å². The molecule has 2 bridgehead atoms. The molecule has 9 unspecified atom stereocenters. The van der Waals surface area contributed by atoms with Gasteiger partial charge in [0.1, 0.15) is 5.78 Å². The van der Waals surface area contributed by atoms with Crippen LogP contribution in [0.2, 0.25) is 0 Å². The molecule has 7 heteroatoms. The number of carbonyl (C=O) groups excluding carboxylic acids is 2. The largest absolute Gasteiger partial charge is 0.478 e. The first kappa shape index (κ1) is 34.5. The van der Waals surface area contributed by atoms with Gasteiger partial charge in [0.05, 0.1) is 18.3 Å². The molecule has 0 aromatic carbocycles. The second-order valence-corrected chi connectivity index (χ2v) is 16.8. The fraction of sp³-hybridized carbons (Fsp3) is 0.816. The zero-order valence-corrected chi connectivity index (χ0v) is 28.5. The highest BCUT2D eigenvalue weighted by atomic mass is 16.4. The third kappa shape index (κ3) is 5.41. The number of rotatable bonds is 9. The average Bonchev–Trinajstić information content (AvgIpc) is 3.17. The summed E-state index contributed by atoms with van der Waals surface area (Å²) < 4.78 is 0. The zero-order valence-electron chi connectivity index (χ0n) is 28.5. The van der Waals surface area contributed by atoms with E-state index in [1.54, 1.807) is 0 Å². The van der Waals surface area contributed by atoms with E-state index in [9.17, 15) is 34.8 Å². The molecule has 45 heavy (non-hydrogen) atoms. The molecule has 3 saturated carbocycles. The molecule has 5 rings (SSSR count). The van der Waals surface area contributed by atoms with Crippen LogP contribution < -0.4 is 0 Å². The number of Topliss-reactive ketones (excluding diaryl/α,β-unsaturated/α-hetero) is 2. The van der Waals surface area contributed by atoms with Gasteiger partial charge in [-0.3, -0.25) is 9.59 Å². The van der Waals surface area contributed by atoms with Gasteiger partial charge in [0, 0.05) is 40.2 Å². The molecule has 2 spiro atoms. The Labute approximate surface area is 269 Å². The van der Waals surface area contributed by atoms with Crippen LogP contribution in [0.25, 0.3) is 0 Å². The van der Waals surface area contributed by atoms with Gasteiger partial charge >= 0.3 is 5.97 Å². The molecule has 0 radical (unpaired) electrons. The number of carboxylic acid groups (broad SMARTS) is 1. The molecule has 9 atom stereocenters. The molecule has 0 aromatic heterocycles. The third-order valence-corrected chi connectivity index (χ3v) is 13.8. The first-order chi connectivity index (χ1) is 21.0. The monoisotopic (exact) mass is 626 g/mol. The van der Waals surface area contributed by atoms with E-state index in [-0.39, 0.29) is 34.9 Å². The van der Waals surface area contributed by atoms with Gasteiger partial charge in [-0.2, -0.15) is 0 Å². The van der Waals surface area contributed by atoms with Gasteiger partial charge in [0.25, 0.3) is 0 Å². The molecule has 7 nitrogen and oxygen atoms in total. The summed E-state index contributed by atoms with van der Waals surface area (Å²) >= 11 is 0. The minimum atomic E-state index is -0.997. The molecule has 0 saturated heterocycles. The highest BCUT2D eigenvalue weighted by Gasteiger charge is 2.71. The predicted octanol–water partition coefficient (Wildman–Crippen LogP) is 6.57. The summed E-state index contributed by atoms with van der Waals surface area (Å²) in [6.07, 6.45) is 8.17. The first-order valence-corrected chi connectivity index (χ1v) is 17.8. The quantitative estimate of drug-likeness (QED) is 0.213. The normalized spacial score (nSPS) is 39.5. The molecular formula is C38H58O7. The van der Waals surface area contributed by atoms with Crippen molar-refractivity contribution in [2.75, 3.05) is 0 Å². The van der Waals surface area contributed by atoms with Crippen molar-refractivity contribution in [3.63, 3.8) is 0 Å². The second-order valence-electron chi connectivity index (χ2n) is 16.8. The highest BCUT2D eigenvalue weighted by Crippen LogP contribution is 2.74. The number of allylic oxidation sites excluding steroid dienone is 1. The lowest BCUT2D eigenvalue weighted by atomic mass is 9.40. The SMILES string of the molecule is CC(C)CCCC(=CC(O)CC(C)C1CC(O)C2(C)C3=C4C(=O)CC12CCCCCC41CCC(=O)C(C)(C)C1CC3O)C(=O)O. The van der Waals surface area contributed by atoms with Gasteiger partial charge in [-0.15, -0.1) is 0 Å². The van der Waals surface area contributed by atoms with E-state index in [1.807, 2.05) is 13.8 Å². The fourth-order valence-corrected chi connectivity index (χ4v) is 11.5. The molecule has 4 N–H and O–H groups in total. The lowest BCUT2D eigenvalue weighted by molar-refractivity contribution is -0.150. The number of hydrogen-bond donors (Lipinski definition) is 4. The highest BCUT2D eigenvalue weighted by molar-refractivity contribution is 6.01. The molecular weight excluding hydrogens is 568 g/mol. The number of aliphatic hydroxyl groups is 3. The Kier molecular flexibility index (Phi) is 9.45. The van der Waals surface area contributed by atoms with E-state index < -0.39 is 45.9 Å². The first-order valence-electron chi connectivity index (χ1n) is 17.8.